The van der Waals surface area contributed by atoms with E-state index in [0.717, 1.165) is 24.4 Å². The Kier molecular flexibility index (Phi) is 4.57. The summed E-state index contributed by atoms with van der Waals surface area (Å²) >= 11 is 0. The first-order valence-corrected chi connectivity index (χ1v) is 7.09. The molecule has 1 aromatic rings. The third-order valence-electron chi connectivity index (χ3n) is 4.11. The lowest BCUT2D eigenvalue weighted by Crippen LogP contribution is -2.25. The number of nitrogens with zero attached hydrogens (tertiary/aromatic N) is 2. The fraction of sp³-hybridized carbons (Fsp3) is 0.533. The van der Waals surface area contributed by atoms with Crippen LogP contribution in [0.2, 0.25) is 0 Å². The van der Waals surface area contributed by atoms with Crippen molar-refractivity contribution >= 4 is 11.4 Å². The summed E-state index contributed by atoms with van der Waals surface area (Å²) in [6.45, 7) is 2.23. The first-order chi connectivity index (χ1) is 9.63. The van der Waals surface area contributed by atoms with E-state index in [4.69, 9.17) is 5.26 Å². The lowest BCUT2D eigenvalue weighted by Gasteiger charge is -2.29. The largest absolute Gasteiger partial charge is 0.382 e. The highest BCUT2D eigenvalue weighted by molar-refractivity contribution is 5.59. The van der Waals surface area contributed by atoms with Crippen molar-refractivity contribution in [3.05, 3.63) is 33.9 Å². The minimum absolute atomic E-state index is 0.113. The summed E-state index contributed by atoms with van der Waals surface area (Å²) in [6, 6.07) is 6.96. The van der Waals surface area contributed by atoms with Gasteiger partial charge in [-0.15, -0.1) is 0 Å². The fourth-order valence-electron chi connectivity index (χ4n) is 2.83. The third kappa shape index (κ3) is 3.27. The van der Waals surface area contributed by atoms with Crippen LogP contribution in [0.4, 0.5) is 11.4 Å². The molecule has 0 aliphatic heterocycles. The lowest BCUT2D eigenvalue weighted by molar-refractivity contribution is -0.385. The standard InChI is InChI=1S/C15H19N3O2/c1-2-11-3-5-13(6-4-11)17-14-7-8-15(18(19)20)12(9-14)10-16/h7-9,11,13,17H,2-6H2,1H3. The molecule has 2 rings (SSSR count). The SMILES string of the molecule is CCC1CCC(Nc2ccc([N+](=O)[O-])c(C#N)c2)CC1. The minimum Gasteiger partial charge on any atom is -0.382 e. The van der Waals surface area contributed by atoms with Crippen molar-refractivity contribution in [2.45, 2.75) is 45.1 Å². The van der Waals surface area contributed by atoms with Crippen molar-refractivity contribution in [1.82, 2.24) is 0 Å². The number of hydrogen-bond acceptors (Lipinski definition) is 4. The molecule has 106 valence electrons. The summed E-state index contributed by atoms with van der Waals surface area (Å²) in [5.74, 6) is 0.833. The molecular weight excluding hydrogens is 254 g/mol. The molecule has 0 spiro atoms. The number of nitro benzene ring substituents is 1. The van der Waals surface area contributed by atoms with E-state index in [1.54, 1.807) is 12.1 Å². The molecule has 1 aliphatic carbocycles. The van der Waals surface area contributed by atoms with E-state index in [0.29, 0.717) is 6.04 Å². The van der Waals surface area contributed by atoms with Gasteiger partial charge in [0.1, 0.15) is 11.6 Å². The maximum atomic E-state index is 10.8. The second-order valence-corrected chi connectivity index (χ2v) is 5.37. The number of hydrogen-bond donors (Lipinski definition) is 1. The van der Waals surface area contributed by atoms with E-state index >= 15 is 0 Å². The quantitative estimate of drug-likeness (QED) is 0.667. The van der Waals surface area contributed by atoms with Crippen molar-refractivity contribution in [3.8, 4) is 6.07 Å². The Hall–Kier alpha value is -2.09. The maximum absolute atomic E-state index is 10.8. The highest BCUT2D eigenvalue weighted by Gasteiger charge is 2.20. The van der Waals surface area contributed by atoms with Crippen LogP contribution in [0.25, 0.3) is 0 Å². The van der Waals surface area contributed by atoms with Crippen LogP contribution in [0.3, 0.4) is 0 Å². The van der Waals surface area contributed by atoms with E-state index in [-0.39, 0.29) is 11.3 Å². The molecule has 1 saturated carbocycles. The van der Waals surface area contributed by atoms with Crippen LogP contribution in [-0.2, 0) is 0 Å². The topological polar surface area (TPSA) is 79.0 Å². The van der Waals surface area contributed by atoms with Gasteiger partial charge in [-0.2, -0.15) is 5.26 Å². The molecule has 1 aromatic carbocycles. The number of rotatable bonds is 4. The highest BCUT2D eigenvalue weighted by Crippen LogP contribution is 2.29. The summed E-state index contributed by atoms with van der Waals surface area (Å²) in [4.78, 5) is 10.3. The van der Waals surface area contributed by atoms with Crippen molar-refractivity contribution in [3.63, 3.8) is 0 Å². The van der Waals surface area contributed by atoms with Gasteiger partial charge in [0.15, 0.2) is 0 Å². The predicted molar refractivity (Wildman–Crippen MR) is 77.5 cm³/mol. The van der Waals surface area contributed by atoms with Gasteiger partial charge in [-0.1, -0.05) is 13.3 Å². The van der Waals surface area contributed by atoms with Gasteiger partial charge in [0.25, 0.3) is 5.69 Å². The molecule has 1 aliphatic rings. The summed E-state index contributed by atoms with van der Waals surface area (Å²) in [5, 5.41) is 23.2. The zero-order valence-corrected chi connectivity index (χ0v) is 11.6. The second kappa shape index (κ2) is 6.38. The monoisotopic (exact) mass is 273 g/mol. The molecule has 0 atom stereocenters. The van der Waals surface area contributed by atoms with Gasteiger partial charge in [0.05, 0.1) is 4.92 Å². The van der Waals surface area contributed by atoms with Crippen LogP contribution >= 0.6 is 0 Å². The Morgan fingerprint density at radius 2 is 2.10 bits per heavy atom. The van der Waals surface area contributed by atoms with Crippen LogP contribution in [0.5, 0.6) is 0 Å². The van der Waals surface area contributed by atoms with Crippen LogP contribution in [-0.4, -0.2) is 11.0 Å². The number of nitro groups is 1. The Morgan fingerprint density at radius 3 is 2.65 bits per heavy atom. The van der Waals surface area contributed by atoms with E-state index < -0.39 is 4.92 Å². The molecular formula is C15H19N3O2. The zero-order chi connectivity index (χ0) is 14.5. The number of nitrogens with one attached hydrogen (secondary N) is 1. The van der Waals surface area contributed by atoms with E-state index in [1.165, 1.54) is 25.3 Å². The van der Waals surface area contributed by atoms with Crippen molar-refractivity contribution in [1.29, 1.82) is 5.26 Å². The molecule has 1 fully saturated rings. The molecule has 0 radical (unpaired) electrons. The van der Waals surface area contributed by atoms with Crippen molar-refractivity contribution < 1.29 is 4.92 Å². The normalized spacial score (nSPS) is 22.0. The van der Waals surface area contributed by atoms with E-state index in [2.05, 4.69) is 12.2 Å². The van der Waals surface area contributed by atoms with Crippen LogP contribution in [0, 0.1) is 27.4 Å². The van der Waals surface area contributed by atoms with Crippen LogP contribution < -0.4 is 5.32 Å². The molecule has 0 aromatic heterocycles. The molecule has 0 bridgehead atoms. The van der Waals surface area contributed by atoms with E-state index in [1.807, 2.05) is 6.07 Å². The minimum atomic E-state index is -0.519. The Bertz CT molecular complexity index is 528. The lowest BCUT2D eigenvalue weighted by atomic mass is 9.84. The number of benzene rings is 1. The van der Waals surface area contributed by atoms with Gasteiger partial charge < -0.3 is 5.32 Å². The fourth-order valence-corrected chi connectivity index (χ4v) is 2.83. The Balaban J connectivity index is 2.04. The van der Waals surface area contributed by atoms with Crippen LogP contribution in [0.1, 0.15) is 44.6 Å². The average molecular weight is 273 g/mol. The first kappa shape index (κ1) is 14.3. The number of anilines is 1. The van der Waals surface area contributed by atoms with Gasteiger partial charge >= 0.3 is 0 Å². The van der Waals surface area contributed by atoms with Gasteiger partial charge in [-0.05, 0) is 43.7 Å². The molecule has 0 amide bonds. The maximum Gasteiger partial charge on any atom is 0.287 e. The van der Waals surface area contributed by atoms with Gasteiger partial charge in [-0.3, -0.25) is 10.1 Å². The molecule has 0 saturated heterocycles. The molecule has 5 heteroatoms. The van der Waals surface area contributed by atoms with Crippen LogP contribution in [0.15, 0.2) is 18.2 Å². The summed E-state index contributed by atoms with van der Waals surface area (Å²) < 4.78 is 0. The first-order valence-electron chi connectivity index (χ1n) is 7.09. The predicted octanol–water partition coefficient (Wildman–Crippen LogP) is 3.85. The highest BCUT2D eigenvalue weighted by atomic mass is 16.6. The molecule has 5 nitrogen and oxygen atoms in total. The average Bonchev–Trinajstić information content (AvgIpc) is 2.47. The Labute approximate surface area is 118 Å². The second-order valence-electron chi connectivity index (χ2n) is 5.37. The molecule has 0 unspecified atom stereocenters. The van der Waals surface area contributed by atoms with Gasteiger partial charge in [0.2, 0.25) is 0 Å². The molecule has 0 heterocycles. The van der Waals surface area contributed by atoms with Gasteiger partial charge in [-0.25, -0.2) is 0 Å². The smallest absolute Gasteiger partial charge is 0.287 e. The van der Waals surface area contributed by atoms with Crippen molar-refractivity contribution in [2.75, 3.05) is 5.32 Å². The zero-order valence-electron chi connectivity index (χ0n) is 11.6. The summed E-state index contributed by atoms with van der Waals surface area (Å²) in [6.07, 6.45) is 5.94. The Morgan fingerprint density at radius 1 is 1.40 bits per heavy atom. The van der Waals surface area contributed by atoms with Crippen molar-refractivity contribution in [2.24, 2.45) is 5.92 Å². The molecule has 20 heavy (non-hydrogen) atoms. The third-order valence-corrected chi connectivity index (χ3v) is 4.11. The molecule has 1 N–H and O–H groups in total. The summed E-state index contributed by atoms with van der Waals surface area (Å²) in [7, 11) is 0. The van der Waals surface area contributed by atoms with Gasteiger partial charge in [0, 0.05) is 17.8 Å². The van der Waals surface area contributed by atoms with E-state index in [9.17, 15) is 10.1 Å². The summed E-state index contributed by atoms with van der Waals surface area (Å²) in [5.41, 5.74) is 0.780. The number of nitriles is 1.